The lowest BCUT2D eigenvalue weighted by atomic mass is 10.2. The molecule has 0 bridgehead atoms. The van der Waals surface area contributed by atoms with Crippen molar-refractivity contribution in [3.05, 3.63) is 0 Å². The van der Waals surface area contributed by atoms with Crippen molar-refractivity contribution in [2.24, 2.45) is 5.73 Å². The fourth-order valence-electron chi connectivity index (χ4n) is 1.76. The highest BCUT2D eigenvalue weighted by Crippen LogP contribution is 2.18. The molecule has 0 aromatic heterocycles. The molecule has 8 heteroatoms. The van der Waals surface area contributed by atoms with Gasteiger partial charge in [0.15, 0.2) is 0 Å². The Balaban J connectivity index is 2.62. The van der Waals surface area contributed by atoms with Crippen LogP contribution in [-0.4, -0.2) is 53.9 Å². The molecule has 1 fully saturated rings. The molecule has 1 unspecified atom stereocenters. The fourth-order valence-corrected chi connectivity index (χ4v) is 1.84. The van der Waals surface area contributed by atoms with Gasteiger partial charge >= 0.3 is 17.8 Å². The Morgan fingerprint density at radius 3 is 2.72 bits per heavy atom. The maximum atomic E-state index is 11.8. The maximum absolute atomic E-state index is 11.8. The molecule has 1 atom stereocenters. The summed E-state index contributed by atoms with van der Waals surface area (Å²) in [4.78, 5) is 36.1. The first-order valence-corrected chi connectivity index (χ1v) is 5.83. The number of amides is 2. The van der Waals surface area contributed by atoms with Crippen LogP contribution in [0.15, 0.2) is 0 Å². The van der Waals surface area contributed by atoms with Gasteiger partial charge in [0.05, 0.1) is 18.6 Å². The molecular weight excluding hydrogens is 258 g/mol. The Morgan fingerprint density at radius 1 is 1.50 bits per heavy atom. The quantitative estimate of drug-likeness (QED) is 0.371. The molecule has 1 saturated heterocycles. The standard InChI is InChI=1S/C10H15N3O4S/c1-17-10(16)6-3-2-4-13(6)9(15)8(14)12-5-7(11)18/h6H,2-5H2,1H3,(H2,11,18)(H,12,14). The third-order valence-corrected chi connectivity index (χ3v) is 2.75. The van der Waals surface area contributed by atoms with Crippen molar-refractivity contribution in [2.75, 3.05) is 20.2 Å². The SMILES string of the molecule is COC(=O)C1CCCN1C(=O)C(=O)NCC(N)=S. The normalized spacial score (nSPS) is 18.3. The minimum Gasteiger partial charge on any atom is -0.467 e. The molecule has 0 aliphatic carbocycles. The van der Waals surface area contributed by atoms with E-state index < -0.39 is 23.8 Å². The molecule has 0 radical (unpaired) electrons. The van der Waals surface area contributed by atoms with Gasteiger partial charge in [0.25, 0.3) is 0 Å². The summed E-state index contributed by atoms with van der Waals surface area (Å²) in [6.45, 7) is 0.315. The maximum Gasteiger partial charge on any atom is 0.328 e. The van der Waals surface area contributed by atoms with Crippen LogP contribution in [0.2, 0.25) is 0 Å². The second-order valence-electron chi connectivity index (χ2n) is 3.83. The summed E-state index contributed by atoms with van der Waals surface area (Å²) in [5.41, 5.74) is 5.21. The third kappa shape index (κ3) is 3.39. The number of carbonyl (C=O) groups excluding carboxylic acids is 3. The third-order valence-electron chi connectivity index (χ3n) is 2.60. The zero-order valence-electron chi connectivity index (χ0n) is 9.97. The molecular formula is C10H15N3O4S. The smallest absolute Gasteiger partial charge is 0.328 e. The minimum atomic E-state index is -0.821. The van der Waals surface area contributed by atoms with Gasteiger partial charge in [-0.15, -0.1) is 0 Å². The van der Waals surface area contributed by atoms with Gasteiger partial charge in [-0.2, -0.15) is 0 Å². The van der Waals surface area contributed by atoms with Crippen molar-refractivity contribution in [2.45, 2.75) is 18.9 Å². The summed E-state index contributed by atoms with van der Waals surface area (Å²) in [7, 11) is 1.25. The Kier molecular flexibility index (Phi) is 5.02. The number of esters is 1. The van der Waals surface area contributed by atoms with Gasteiger partial charge in [0, 0.05) is 6.54 Å². The average Bonchev–Trinajstić information content (AvgIpc) is 2.82. The lowest BCUT2D eigenvalue weighted by Gasteiger charge is -2.21. The van der Waals surface area contributed by atoms with Crippen molar-refractivity contribution >= 4 is 35.0 Å². The predicted molar refractivity (Wildman–Crippen MR) is 66.5 cm³/mol. The molecule has 100 valence electrons. The van der Waals surface area contributed by atoms with E-state index in [0.717, 1.165) is 0 Å². The Hall–Kier alpha value is -1.70. The van der Waals surface area contributed by atoms with E-state index in [-0.39, 0.29) is 11.5 Å². The van der Waals surface area contributed by atoms with Gasteiger partial charge in [-0.25, -0.2) is 4.79 Å². The molecule has 3 N–H and O–H groups in total. The van der Waals surface area contributed by atoms with Crippen LogP contribution in [-0.2, 0) is 19.1 Å². The van der Waals surface area contributed by atoms with E-state index in [2.05, 4.69) is 22.3 Å². The van der Waals surface area contributed by atoms with Gasteiger partial charge in [-0.3, -0.25) is 9.59 Å². The van der Waals surface area contributed by atoms with Crippen LogP contribution in [0.1, 0.15) is 12.8 Å². The summed E-state index contributed by atoms with van der Waals surface area (Å²) < 4.78 is 4.59. The monoisotopic (exact) mass is 273 g/mol. The van der Waals surface area contributed by atoms with Crippen molar-refractivity contribution in [3.8, 4) is 0 Å². The molecule has 7 nitrogen and oxygen atoms in total. The van der Waals surface area contributed by atoms with E-state index in [1.807, 2.05) is 0 Å². The molecule has 1 heterocycles. The molecule has 1 rings (SSSR count). The van der Waals surface area contributed by atoms with Crippen LogP contribution in [0.25, 0.3) is 0 Å². The lowest BCUT2D eigenvalue weighted by Crippen LogP contribution is -2.49. The number of methoxy groups -OCH3 is 1. The summed E-state index contributed by atoms with van der Waals surface area (Å²) >= 11 is 4.58. The topological polar surface area (TPSA) is 102 Å². The molecule has 1 aliphatic rings. The molecule has 18 heavy (non-hydrogen) atoms. The number of likely N-dealkylation sites (tertiary alicyclic amines) is 1. The second kappa shape index (κ2) is 6.29. The first-order chi connectivity index (χ1) is 8.47. The molecule has 0 spiro atoms. The molecule has 2 amide bonds. The summed E-state index contributed by atoms with van der Waals surface area (Å²) in [6.07, 6.45) is 1.16. The Morgan fingerprint density at radius 2 is 2.17 bits per heavy atom. The molecule has 0 aromatic rings. The zero-order chi connectivity index (χ0) is 13.7. The minimum absolute atomic E-state index is 0.0450. The molecule has 0 aromatic carbocycles. The van der Waals surface area contributed by atoms with Gasteiger partial charge in [-0.1, -0.05) is 12.2 Å². The van der Waals surface area contributed by atoms with Crippen LogP contribution >= 0.6 is 12.2 Å². The number of rotatable bonds is 3. The number of nitrogens with one attached hydrogen (secondary N) is 1. The highest BCUT2D eigenvalue weighted by atomic mass is 32.1. The van der Waals surface area contributed by atoms with Crippen LogP contribution < -0.4 is 11.1 Å². The average molecular weight is 273 g/mol. The van der Waals surface area contributed by atoms with E-state index in [4.69, 9.17) is 5.73 Å². The number of thiocarbonyl (C=S) groups is 1. The van der Waals surface area contributed by atoms with Crippen molar-refractivity contribution in [1.82, 2.24) is 10.2 Å². The van der Waals surface area contributed by atoms with E-state index in [9.17, 15) is 14.4 Å². The largest absolute Gasteiger partial charge is 0.467 e. The number of ether oxygens (including phenoxy) is 1. The second-order valence-corrected chi connectivity index (χ2v) is 4.35. The van der Waals surface area contributed by atoms with Gasteiger partial charge in [-0.05, 0) is 12.8 Å². The predicted octanol–water partition coefficient (Wildman–Crippen LogP) is -1.45. The lowest BCUT2D eigenvalue weighted by molar-refractivity contribution is -0.154. The van der Waals surface area contributed by atoms with Crippen molar-refractivity contribution in [1.29, 1.82) is 0 Å². The Bertz CT molecular complexity index is 385. The number of nitrogens with zero attached hydrogens (tertiary/aromatic N) is 1. The number of carbonyl (C=O) groups is 3. The summed E-state index contributed by atoms with van der Waals surface area (Å²) in [5, 5.41) is 2.29. The van der Waals surface area contributed by atoms with Crippen LogP contribution in [0.3, 0.4) is 0 Å². The van der Waals surface area contributed by atoms with Crippen LogP contribution in [0.4, 0.5) is 0 Å². The molecule has 0 saturated carbocycles. The zero-order valence-corrected chi connectivity index (χ0v) is 10.8. The fraction of sp³-hybridized carbons (Fsp3) is 0.600. The van der Waals surface area contributed by atoms with Gasteiger partial charge < -0.3 is 20.7 Å². The van der Waals surface area contributed by atoms with E-state index in [1.54, 1.807) is 0 Å². The Labute approximate surface area is 110 Å². The van der Waals surface area contributed by atoms with Gasteiger partial charge in [0.2, 0.25) is 0 Å². The van der Waals surface area contributed by atoms with E-state index in [1.165, 1.54) is 12.0 Å². The number of hydrogen-bond donors (Lipinski definition) is 2. The summed E-state index contributed by atoms with van der Waals surface area (Å²) in [6, 6.07) is -0.682. The van der Waals surface area contributed by atoms with Crippen LogP contribution in [0, 0.1) is 0 Å². The number of hydrogen-bond acceptors (Lipinski definition) is 5. The summed E-state index contributed by atoms with van der Waals surface area (Å²) in [5.74, 6) is -2.10. The first kappa shape index (κ1) is 14.4. The highest BCUT2D eigenvalue weighted by Gasteiger charge is 2.37. The van der Waals surface area contributed by atoms with Crippen molar-refractivity contribution in [3.63, 3.8) is 0 Å². The van der Waals surface area contributed by atoms with E-state index >= 15 is 0 Å². The van der Waals surface area contributed by atoms with Gasteiger partial charge in [0.1, 0.15) is 6.04 Å². The van der Waals surface area contributed by atoms with Crippen molar-refractivity contribution < 1.29 is 19.1 Å². The van der Waals surface area contributed by atoms with Crippen LogP contribution in [0.5, 0.6) is 0 Å². The van der Waals surface area contributed by atoms with E-state index in [0.29, 0.717) is 19.4 Å². The molecule has 1 aliphatic heterocycles. The number of nitrogens with two attached hydrogens (primary N) is 1. The highest BCUT2D eigenvalue weighted by molar-refractivity contribution is 7.80. The first-order valence-electron chi connectivity index (χ1n) is 5.42.